The Bertz CT molecular complexity index is 591. The number of carbonyl (C=O) groups is 1. The molecule has 0 spiro atoms. The minimum Gasteiger partial charge on any atom is -0.491 e. The van der Waals surface area contributed by atoms with Gasteiger partial charge in [0, 0.05) is 5.56 Å². The Labute approximate surface area is 111 Å². The quantitative estimate of drug-likeness (QED) is 0.772. The molecule has 0 bridgehead atoms. The van der Waals surface area contributed by atoms with E-state index in [1.807, 2.05) is 38.1 Å². The Morgan fingerprint density at radius 3 is 2.63 bits per heavy atom. The van der Waals surface area contributed by atoms with Crippen LogP contribution in [0.3, 0.4) is 0 Å². The van der Waals surface area contributed by atoms with E-state index in [0.29, 0.717) is 16.9 Å². The van der Waals surface area contributed by atoms with Crippen molar-refractivity contribution in [2.75, 3.05) is 0 Å². The van der Waals surface area contributed by atoms with Crippen LogP contribution in [-0.4, -0.2) is 12.4 Å². The average molecular weight is 258 g/mol. The topological polar surface area (TPSA) is 26.3 Å². The van der Waals surface area contributed by atoms with E-state index in [2.05, 4.69) is 0 Å². The molecule has 0 heterocycles. The highest BCUT2D eigenvalue weighted by Gasteiger charge is 2.07. The van der Waals surface area contributed by atoms with Crippen molar-refractivity contribution in [3.63, 3.8) is 0 Å². The third-order valence-electron chi connectivity index (χ3n) is 2.66. The van der Waals surface area contributed by atoms with Crippen molar-refractivity contribution in [1.82, 2.24) is 0 Å². The van der Waals surface area contributed by atoms with Gasteiger partial charge < -0.3 is 4.74 Å². The Kier molecular flexibility index (Phi) is 3.95. The predicted molar refractivity (Wildman–Crippen MR) is 73.0 cm³/mol. The van der Waals surface area contributed by atoms with Crippen LogP contribution in [0.25, 0.3) is 11.1 Å². The van der Waals surface area contributed by atoms with E-state index in [9.17, 15) is 9.18 Å². The number of hydrogen-bond acceptors (Lipinski definition) is 2. The lowest BCUT2D eigenvalue weighted by Crippen LogP contribution is -2.05. The van der Waals surface area contributed by atoms with Crippen molar-refractivity contribution in [2.45, 2.75) is 20.0 Å². The molecule has 98 valence electrons. The fourth-order valence-electron chi connectivity index (χ4n) is 1.89. The van der Waals surface area contributed by atoms with E-state index in [1.165, 1.54) is 18.2 Å². The molecule has 3 heteroatoms. The summed E-state index contributed by atoms with van der Waals surface area (Å²) in [6.45, 7) is 3.87. The SMILES string of the molecule is CC(C)Oc1cccc(-c2cc(F)ccc2C=O)c1. The Balaban J connectivity index is 2.46. The van der Waals surface area contributed by atoms with Crippen molar-refractivity contribution in [2.24, 2.45) is 0 Å². The zero-order chi connectivity index (χ0) is 13.8. The van der Waals surface area contributed by atoms with Crippen molar-refractivity contribution >= 4 is 6.29 Å². The molecule has 2 rings (SSSR count). The van der Waals surface area contributed by atoms with Crippen LogP contribution in [0.15, 0.2) is 42.5 Å². The monoisotopic (exact) mass is 258 g/mol. The minimum absolute atomic E-state index is 0.0632. The zero-order valence-corrected chi connectivity index (χ0v) is 10.9. The molecule has 2 aromatic carbocycles. The smallest absolute Gasteiger partial charge is 0.150 e. The van der Waals surface area contributed by atoms with E-state index >= 15 is 0 Å². The molecule has 0 radical (unpaired) electrons. The fraction of sp³-hybridized carbons (Fsp3) is 0.188. The number of carbonyl (C=O) groups excluding carboxylic acids is 1. The second-order valence-electron chi connectivity index (χ2n) is 4.54. The third kappa shape index (κ3) is 3.19. The highest BCUT2D eigenvalue weighted by Crippen LogP contribution is 2.27. The normalized spacial score (nSPS) is 10.5. The van der Waals surface area contributed by atoms with Crippen LogP contribution in [0.2, 0.25) is 0 Å². The lowest BCUT2D eigenvalue weighted by atomic mass is 10.00. The maximum absolute atomic E-state index is 13.3. The van der Waals surface area contributed by atoms with Gasteiger partial charge in [-0.05, 0) is 55.3 Å². The average Bonchev–Trinajstić information content (AvgIpc) is 2.38. The van der Waals surface area contributed by atoms with Crippen LogP contribution in [-0.2, 0) is 0 Å². The molecule has 2 nitrogen and oxygen atoms in total. The molecule has 0 aromatic heterocycles. The van der Waals surface area contributed by atoms with Gasteiger partial charge in [0.05, 0.1) is 6.10 Å². The Hall–Kier alpha value is -2.16. The summed E-state index contributed by atoms with van der Waals surface area (Å²) in [6, 6.07) is 11.4. The molecular formula is C16H15FO2. The molecule has 0 aliphatic rings. The van der Waals surface area contributed by atoms with Gasteiger partial charge in [0.1, 0.15) is 11.6 Å². The summed E-state index contributed by atoms with van der Waals surface area (Å²) in [7, 11) is 0. The largest absolute Gasteiger partial charge is 0.491 e. The van der Waals surface area contributed by atoms with E-state index in [0.717, 1.165) is 11.8 Å². The van der Waals surface area contributed by atoms with Crippen LogP contribution >= 0.6 is 0 Å². The first-order valence-corrected chi connectivity index (χ1v) is 6.12. The number of ether oxygens (including phenoxy) is 1. The minimum atomic E-state index is -0.365. The number of benzene rings is 2. The molecular weight excluding hydrogens is 243 g/mol. The van der Waals surface area contributed by atoms with E-state index in [-0.39, 0.29) is 11.9 Å². The molecule has 0 N–H and O–H groups in total. The molecule has 0 aliphatic heterocycles. The Morgan fingerprint density at radius 1 is 1.16 bits per heavy atom. The summed E-state index contributed by atoms with van der Waals surface area (Å²) in [5.74, 6) is 0.337. The standard InChI is InChI=1S/C16H15FO2/c1-11(2)19-15-5-3-4-12(8-15)16-9-14(17)7-6-13(16)10-18/h3-11H,1-2H3. The molecule has 0 amide bonds. The van der Waals surface area contributed by atoms with Gasteiger partial charge in [-0.2, -0.15) is 0 Å². The highest BCUT2D eigenvalue weighted by atomic mass is 19.1. The molecule has 0 unspecified atom stereocenters. The van der Waals surface area contributed by atoms with Crippen molar-refractivity contribution in [3.8, 4) is 16.9 Å². The summed E-state index contributed by atoms with van der Waals surface area (Å²) >= 11 is 0. The summed E-state index contributed by atoms with van der Waals surface area (Å²) < 4.78 is 18.9. The molecule has 0 saturated heterocycles. The van der Waals surface area contributed by atoms with Gasteiger partial charge in [0.15, 0.2) is 6.29 Å². The van der Waals surface area contributed by atoms with Crippen molar-refractivity contribution in [3.05, 3.63) is 53.8 Å². The first kappa shape index (κ1) is 13.3. The van der Waals surface area contributed by atoms with E-state index < -0.39 is 0 Å². The number of rotatable bonds is 4. The van der Waals surface area contributed by atoms with Gasteiger partial charge in [-0.1, -0.05) is 12.1 Å². The maximum atomic E-state index is 13.3. The summed E-state index contributed by atoms with van der Waals surface area (Å²) in [6.07, 6.45) is 0.790. The molecule has 2 aromatic rings. The fourth-order valence-corrected chi connectivity index (χ4v) is 1.89. The van der Waals surface area contributed by atoms with Crippen LogP contribution in [0, 0.1) is 5.82 Å². The van der Waals surface area contributed by atoms with Gasteiger partial charge in [-0.25, -0.2) is 4.39 Å². The second-order valence-corrected chi connectivity index (χ2v) is 4.54. The third-order valence-corrected chi connectivity index (χ3v) is 2.66. The van der Waals surface area contributed by atoms with Gasteiger partial charge in [-0.3, -0.25) is 4.79 Å². The van der Waals surface area contributed by atoms with Gasteiger partial charge in [0.25, 0.3) is 0 Å². The van der Waals surface area contributed by atoms with E-state index in [4.69, 9.17) is 4.74 Å². The zero-order valence-electron chi connectivity index (χ0n) is 10.9. The van der Waals surface area contributed by atoms with Crippen LogP contribution in [0.5, 0.6) is 5.75 Å². The van der Waals surface area contributed by atoms with Gasteiger partial charge >= 0.3 is 0 Å². The number of halogens is 1. The first-order chi connectivity index (χ1) is 9.10. The lowest BCUT2D eigenvalue weighted by molar-refractivity contribution is 0.112. The van der Waals surface area contributed by atoms with Crippen LogP contribution in [0.1, 0.15) is 24.2 Å². The molecule has 0 saturated carbocycles. The summed E-state index contributed by atoms with van der Waals surface area (Å²) in [4.78, 5) is 11.0. The highest BCUT2D eigenvalue weighted by molar-refractivity contribution is 5.87. The van der Waals surface area contributed by atoms with Crippen molar-refractivity contribution in [1.29, 1.82) is 0 Å². The van der Waals surface area contributed by atoms with Gasteiger partial charge in [0.2, 0.25) is 0 Å². The lowest BCUT2D eigenvalue weighted by Gasteiger charge is -2.12. The first-order valence-electron chi connectivity index (χ1n) is 6.12. The molecule has 0 aliphatic carbocycles. The van der Waals surface area contributed by atoms with Crippen molar-refractivity contribution < 1.29 is 13.9 Å². The summed E-state index contributed by atoms with van der Waals surface area (Å²) in [5, 5.41) is 0. The van der Waals surface area contributed by atoms with Crippen LogP contribution in [0.4, 0.5) is 4.39 Å². The molecule has 0 fully saturated rings. The Morgan fingerprint density at radius 2 is 1.95 bits per heavy atom. The maximum Gasteiger partial charge on any atom is 0.150 e. The second kappa shape index (κ2) is 5.65. The van der Waals surface area contributed by atoms with Crippen LogP contribution < -0.4 is 4.74 Å². The predicted octanol–water partition coefficient (Wildman–Crippen LogP) is 4.09. The molecule has 19 heavy (non-hydrogen) atoms. The number of aldehydes is 1. The summed E-state index contributed by atoms with van der Waals surface area (Å²) in [5.41, 5.74) is 1.80. The van der Waals surface area contributed by atoms with E-state index in [1.54, 1.807) is 0 Å². The molecule has 0 atom stereocenters. The number of hydrogen-bond donors (Lipinski definition) is 0. The van der Waals surface area contributed by atoms with Gasteiger partial charge in [-0.15, -0.1) is 0 Å².